The van der Waals surface area contributed by atoms with Crippen molar-refractivity contribution in [3.8, 4) is 5.75 Å². The van der Waals surface area contributed by atoms with E-state index in [1.54, 1.807) is 25.3 Å². The van der Waals surface area contributed by atoms with Gasteiger partial charge in [0.05, 0.1) is 31.1 Å². The molecule has 0 aliphatic carbocycles. The van der Waals surface area contributed by atoms with Crippen LogP contribution in [-0.2, 0) is 19.6 Å². The maximum absolute atomic E-state index is 13.1. The zero-order valence-electron chi connectivity index (χ0n) is 17.9. The van der Waals surface area contributed by atoms with E-state index >= 15 is 0 Å². The molecule has 9 heteroatoms. The van der Waals surface area contributed by atoms with E-state index in [0.717, 1.165) is 44.8 Å². The number of hydrogen-bond donors (Lipinski definition) is 1. The van der Waals surface area contributed by atoms with Crippen molar-refractivity contribution >= 4 is 15.9 Å². The SMILES string of the molecule is COc1ccc(S(=O)(=O)N2CCC[C@H](C(=O)NCCCN3CCOCC3)C2)cc1C. The lowest BCUT2D eigenvalue weighted by molar-refractivity contribution is -0.126. The summed E-state index contributed by atoms with van der Waals surface area (Å²) < 4.78 is 38.2. The van der Waals surface area contributed by atoms with Gasteiger partial charge in [-0.3, -0.25) is 9.69 Å². The van der Waals surface area contributed by atoms with Crippen LogP contribution in [0, 0.1) is 12.8 Å². The van der Waals surface area contributed by atoms with E-state index in [4.69, 9.17) is 9.47 Å². The van der Waals surface area contributed by atoms with Crippen LogP contribution >= 0.6 is 0 Å². The van der Waals surface area contributed by atoms with Gasteiger partial charge in [0.1, 0.15) is 5.75 Å². The first kappa shape index (κ1) is 23.0. The van der Waals surface area contributed by atoms with Gasteiger partial charge in [0.15, 0.2) is 0 Å². The maximum atomic E-state index is 13.1. The minimum absolute atomic E-state index is 0.0530. The minimum atomic E-state index is -3.64. The van der Waals surface area contributed by atoms with Crippen LogP contribution in [0.5, 0.6) is 5.75 Å². The molecule has 1 amide bonds. The lowest BCUT2D eigenvalue weighted by Gasteiger charge is -2.31. The third kappa shape index (κ3) is 5.72. The Bertz CT molecular complexity index is 824. The van der Waals surface area contributed by atoms with E-state index in [2.05, 4.69) is 10.2 Å². The van der Waals surface area contributed by atoms with Crippen molar-refractivity contribution in [2.45, 2.75) is 31.1 Å². The van der Waals surface area contributed by atoms with E-state index in [9.17, 15) is 13.2 Å². The molecule has 0 spiro atoms. The molecule has 2 aliphatic heterocycles. The molecular weight excluding hydrogens is 406 g/mol. The number of amides is 1. The van der Waals surface area contributed by atoms with Gasteiger partial charge in [0, 0.05) is 32.7 Å². The average Bonchev–Trinajstić information content (AvgIpc) is 2.77. The Morgan fingerprint density at radius 3 is 2.73 bits per heavy atom. The largest absolute Gasteiger partial charge is 0.496 e. The number of carbonyl (C=O) groups is 1. The number of morpholine rings is 1. The Morgan fingerprint density at radius 1 is 1.27 bits per heavy atom. The molecule has 2 aliphatic rings. The molecule has 2 fully saturated rings. The Labute approximate surface area is 179 Å². The van der Waals surface area contributed by atoms with Gasteiger partial charge in [-0.2, -0.15) is 4.31 Å². The van der Waals surface area contributed by atoms with Crippen LogP contribution < -0.4 is 10.1 Å². The second-order valence-corrected chi connectivity index (χ2v) is 9.87. The number of rotatable bonds is 8. The molecule has 1 atom stereocenters. The molecule has 168 valence electrons. The molecule has 2 saturated heterocycles. The lowest BCUT2D eigenvalue weighted by atomic mass is 9.99. The summed E-state index contributed by atoms with van der Waals surface area (Å²) in [6.45, 7) is 7.45. The normalized spacial score (nSPS) is 21.3. The number of sulfonamides is 1. The van der Waals surface area contributed by atoms with E-state index in [0.29, 0.717) is 31.7 Å². The second kappa shape index (κ2) is 10.6. The van der Waals surface area contributed by atoms with Crippen LogP contribution in [0.4, 0.5) is 0 Å². The highest BCUT2D eigenvalue weighted by molar-refractivity contribution is 7.89. The predicted molar refractivity (Wildman–Crippen MR) is 114 cm³/mol. The van der Waals surface area contributed by atoms with Crippen LogP contribution in [0.15, 0.2) is 23.1 Å². The number of piperidine rings is 1. The summed E-state index contributed by atoms with van der Waals surface area (Å²) in [6.07, 6.45) is 2.27. The van der Waals surface area contributed by atoms with Crippen LogP contribution in [0.25, 0.3) is 0 Å². The van der Waals surface area contributed by atoms with E-state index in [1.807, 2.05) is 6.92 Å². The number of nitrogens with zero attached hydrogens (tertiary/aromatic N) is 2. The van der Waals surface area contributed by atoms with E-state index in [1.165, 1.54) is 4.31 Å². The third-order valence-electron chi connectivity index (χ3n) is 5.81. The summed E-state index contributed by atoms with van der Waals surface area (Å²) >= 11 is 0. The lowest BCUT2D eigenvalue weighted by Crippen LogP contribution is -2.45. The Hall–Kier alpha value is -1.68. The van der Waals surface area contributed by atoms with Gasteiger partial charge in [-0.15, -0.1) is 0 Å². The highest BCUT2D eigenvalue weighted by Gasteiger charge is 2.33. The fourth-order valence-electron chi connectivity index (χ4n) is 4.02. The summed E-state index contributed by atoms with van der Waals surface area (Å²) in [7, 11) is -2.08. The molecule has 2 heterocycles. The Morgan fingerprint density at radius 2 is 2.03 bits per heavy atom. The van der Waals surface area contributed by atoms with Crippen LogP contribution in [-0.4, -0.2) is 83.1 Å². The molecule has 1 N–H and O–H groups in total. The summed E-state index contributed by atoms with van der Waals surface area (Å²) in [5, 5.41) is 2.99. The van der Waals surface area contributed by atoms with Gasteiger partial charge in [-0.05, 0) is 56.5 Å². The zero-order valence-corrected chi connectivity index (χ0v) is 18.7. The maximum Gasteiger partial charge on any atom is 0.243 e. The molecular formula is C21H33N3O5S. The number of ether oxygens (including phenoxy) is 2. The van der Waals surface area contributed by atoms with Gasteiger partial charge < -0.3 is 14.8 Å². The highest BCUT2D eigenvalue weighted by atomic mass is 32.2. The molecule has 0 saturated carbocycles. The fraction of sp³-hybridized carbons (Fsp3) is 0.667. The first-order valence-corrected chi connectivity index (χ1v) is 12.1. The highest BCUT2D eigenvalue weighted by Crippen LogP contribution is 2.27. The molecule has 3 rings (SSSR count). The molecule has 0 unspecified atom stereocenters. The molecule has 1 aromatic rings. The zero-order chi connectivity index (χ0) is 21.6. The topological polar surface area (TPSA) is 88.2 Å². The number of nitrogens with one attached hydrogen (secondary N) is 1. The van der Waals surface area contributed by atoms with Crippen molar-refractivity contribution < 1.29 is 22.7 Å². The predicted octanol–water partition coefficient (Wildman–Crippen LogP) is 1.24. The van der Waals surface area contributed by atoms with Crippen LogP contribution in [0.2, 0.25) is 0 Å². The third-order valence-corrected chi connectivity index (χ3v) is 7.67. The Kier molecular flexibility index (Phi) is 8.10. The summed E-state index contributed by atoms with van der Waals surface area (Å²) in [6, 6.07) is 4.87. The molecule has 1 aromatic carbocycles. The van der Waals surface area contributed by atoms with Gasteiger partial charge in [0.25, 0.3) is 0 Å². The van der Waals surface area contributed by atoms with Crippen molar-refractivity contribution in [1.82, 2.24) is 14.5 Å². The van der Waals surface area contributed by atoms with Gasteiger partial charge >= 0.3 is 0 Å². The van der Waals surface area contributed by atoms with Crippen molar-refractivity contribution in [2.75, 3.05) is 59.6 Å². The minimum Gasteiger partial charge on any atom is -0.496 e. The summed E-state index contributed by atoms with van der Waals surface area (Å²) in [5.74, 6) is 0.293. The van der Waals surface area contributed by atoms with Crippen LogP contribution in [0.1, 0.15) is 24.8 Å². The average molecular weight is 440 g/mol. The quantitative estimate of drug-likeness (QED) is 0.614. The number of benzene rings is 1. The standard InChI is InChI=1S/C21H33N3O5S/c1-17-15-19(6-7-20(17)28-2)30(26,27)24-10-3-5-18(16-24)21(25)22-8-4-9-23-11-13-29-14-12-23/h6-7,15,18H,3-5,8-14,16H2,1-2H3,(H,22,25)/t18-/m0/s1. The summed E-state index contributed by atoms with van der Waals surface area (Å²) in [5.41, 5.74) is 0.769. The fourth-order valence-corrected chi connectivity index (χ4v) is 5.63. The number of methoxy groups -OCH3 is 1. The van der Waals surface area contributed by atoms with Crippen molar-refractivity contribution in [1.29, 1.82) is 0 Å². The molecule has 0 radical (unpaired) electrons. The molecule has 0 aromatic heterocycles. The van der Waals surface area contributed by atoms with E-state index in [-0.39, 0.29) is 23.3 Å². The molecule has 30 heavy (non-hydrogen) atoms. The van der Waals surface area contributed by atoms with Gasteiger partial charge in [0.2, 0.25) is 15.9 Å². The second-order valence-electron chi connectivity index (χ2n) is 7.93. The van der Waals surface area contributed by atoms with E-state index < -0.39 is 10.0 Å². The Balaban J connectivity index is 1.52. The first-order valence-electron chi connectivity index (χ1n) is 10.6. The van der Waals surface area contributed by atoms with Crippen molar-refractivity contribution in [2.24, 2.45) is 5.92 Å². The van der Waals surface area contributed by atoms with Gasteiger partial charge in [-0.1, -0.05) is 0 Å². The van der Waals surface area contributed by atoms with Crippen molar-refractivity contribution in [3.63, 3.8) is 0 Å². The molecule has 0 bridgehead atoms. The first-order chi connectivity index (χ1) is 14.4. The number of carbonyl (C=O) groups excluding carboxylic acids is 1. The van der Waals surface area contributed by atoms with Crippen molar-refractivity contribution in [3.05, 3.63) is 23.8 Å². The smallest absolute Gasteiger partial charge is 0.243 e. The number of aryl methyl sites for hydroxylation is 1. The summed E-state index contributed by atoms with van der Waals surface area (Å²) in [4.78, 5) is 15.2. The van der Waals surface area contributed by atoms with Crippen LogP contribution in [0.3, 0.4) is 0 Å². The monoisotopic (exact) mass is 439 g/mol. The number of hydrogen-bond acceptors (Lipinski definition) is 6. The molecule has 8 nitrogen and oxygen atoms in total. The van der Waals surface area contributed by atoms with Gasteiger partial charge in [-0.25, -0.2) is 8.42 Å².